The maximum absolute atomic E-state index is 10.7. The summed E-state index contributed by atoms with van der Waals surface area (Å²) in [5.41, 5.74) is 0. The molecule has 0 aliphatic heterocycles. The van der Waals surface area contributed by atoms with Gasteiger partial charge in [0.25, 0.3) is 0 Å². The smallest absolute Gasteiger partial charge is 0.303 e. The van der Waals surface area contributed by atoms with Crippen LogP contribution in [0.4, 0.5) is 0 Å². The molecule has 0 unspecified atom stereocenters. The van der Waals surface area contributed by atoms with Crippen LogP contribution in [0.15, 0.2) is 12.2 Å². The highest BCUT2D eigenvalue weighted by Gasteiger charge is 2.01. The van der Waals surface area contributed by atoms with Crippen LogP contribution in [0, 0.1) is 0 Å². The van der Waals surface area contributed by atoms with Crippen LogP contribution < -0.4 is 0 Å². The second-order valence-corrected chi connectivity index (χ2v) is 2.30. The van der Waals surface area contributed by atoms with Gasteiger partial charge < -0.3 is 5.11 Å². The molecule has 1 N–H and O–H groups in total. The van der Waals surface area contributed by atoms with Crippen molar-refractivity contribution in [1.29, 1.82) is 0 Å². The number of carboxylic acid groups (broad SMARTS) is 1. The molecule has 0 rings (SSSR count). The third kappa shape index (κ3) is 6.67. The topological polar surface area (TPSA) is 71.4 Å². The SMILES string of the molecule is CC(=O)/C=C/C(=O)CCC(=O)O. The minimum absolute atomic E-state index is 0.0564. The summed E-state index contributed by atoms with van der Waals surface area (Å²) in [6.07, 6.45) is 1.98. The molecule has 0 heterocycles. The second-order valence-electron chi connectivity index (χ2n) is 2.30. The Hall–Kier alpha value is -1.45. The van der Waals surface area contributed by atoms with Gasteiger partial charge in [-0.3, -0.25) is 14.4 Å². The highest BCUT2D eigenvalue weighted by molar-refractivity contribution is 5.98. The third-order valence-corrected chi connectivity index (χ3v) is 1.09. The Balaban J connectivity index is 3.75. The molecule has 4 nitrogen and oxygen atoms in total. The monoisotopic (exact) mass is 170 g/mol. The fraction of sp³-hybridized carbons (Fsp3) is 0.375. The van der Waals surface area contributed by atoms with Crippen LogP contribution in [0.1, 0.15) is 19.8 Å². The number of ketones is 2. The van der Waals surface area contributed by atoms with Gasteiger partial charge in [-0.2, -0.15) is 0 Å². The van der Waals surface area contributed by atoms with Crippen molar-refractivity contribution in [3.63, 3.8) is 0 Å². The Morgan fingerprint density at radius 2 is 1.75 bits per heavy atom. The summed E-state index contributed by atoms with van der Waals surface area (Å²) in [6, 6.07) is 0. The summed E-state index contributed by atoms with van der Waals surface area (Å²) in [4.78, 5) is 31.1. The summed E-state index contributed by atoms with van der Waals surface area (Å²) >= 11 is 0. The quantitative estimate of drug-likeness (QED) is 0.612. The fourth-order valence-corrected chi connectivity index (χ4v) is 0.524. The van der Waals surface area contributed by atoms with E-state index in [1.165, 1.54) is 6.92 Å². The van der Waals surface area contributed by atoms with Crippen molar-refractivity contribution < 1.29 is 19.5 Å². The zero-order valence-electron chi connectivity index (χ0n) is 6.74. The lowest BCUT2D eigenvalue weighted by Gasteiger charge is -1.89. The fourth-order valence-electron chi connectivity index (χ4n) is 0.524. The van der Waals surface area contributed by atoms with E-state index in [1.54, 1.807) is 0 Å². The Kier molecular flexibility index (Phi) is 4.60. The molecule has 0 aliphatic rings. The highest BCUT2D eigenvalue weighted by atomic mass is 16.4. The number of aliphatic carboxylic acids is 1. The van der Waals surface area contributed by atoms with Gasteiger partial charge in [0.1, 0.15) is 0 Å². The van der Waals surface area contributed by atoms with Crippen LogP contribution in [0.2, 0.25) is 0 Å². The predicted molar refractivity (Wildman–Crippen MR) is 41.7 cm³/mol. The van der Waals surface area contributed by atoms with Crippen molar-refractivity contribution in [2.45, 2.75) is 19.8 Å². The van der Waals surface area contributed by atoms with Crippen molar-refractivity contribution >= 4 is 17.5 Å². The lowest BCUT2D eigenvalue weighted by molar-refractivity contribution is -0.138. The van der Waals surface area contributed by atoms with E-state index in [2.05, 4.69) is 0 Å². The van der Waals surface area contributed by atoms with Gasteiger partial charge in [0.2, 0.25) is 0 Å². The standard InChI is InChI=1S/C8H10O4/c1-6(9)2-3-7(10)4-5-8(11)12/h2-3H,4-5H2,1H3,(H,11,12)/b3-2+. The van der Waals surface area contributed by atoms with Crippen molar-refractivity contribution in [3.05, 3.63) is 12.2 Å². The highest BCUT2D eigenvalue weighted by Crippen LogP contribution is 1.92. The Bertz CT molecular complexity index is 227. The Labute approximate surface area is 69.9 Å². The molecule has 0 aliphatic carbocycles. The van der Waals surface area contributed by atoms with E-state index < -0.39 is 5.97 Å². The van der Waals surface area contributed by atoms with E-state index in [0.717, 1.165) is 12.2 Å². The van der Waals surface area contributed by atoms with Gasteiger partial charge in [-0.15, -0.1) is 0 Å². The van der Waals surface area contributed by atoms with Gasteiger partial charge in [-0.05, 0) is 19.1 Å². The van der Waals surface area contributed by atoms with E-state index >= 15 is 0 Å². The van der Waals surface area contributed by atoms with Crippen LogP contribution in [0.25, 0.3) is 0 Å². The molecule has 0 aromatic carbocycles. The van der Waals surface area contributed by atoms with E-state index in [9.17, 15) is 14.4 Å². The maximum Gasteiger partial charge on any atom is 0.303 e. The first-order valence-corrected chi connectivity index (χ1v) is 3.45. The summed E-state index contributed by atoms with van der Waals surface area (Å²) < 4.78 is 0. The van der Waals surface area contributed by atoms with Crippen LogP contribution in [-0.2, 0) is 14.4 Å². The molecule has 0 saturated heterocycles. The Morgan fingerprint density at radius 3 is 2.17 bits per heavy atom. The largest absolute Gasteiger partial charge is 0.481 e. The summed E-state index contributed by atoms with van der Waals surface area (Å²) in [6.45, 7) is 1.32. The first-order chi connectivity index (χ1) is 5.52. The molecule has 0 amide bonds. The molecular weight excluding hydrogens is 160 g/mol. The molecule has 0 spiro atoms. The second kappa shape index (κ2) is 5.23. The van der Waals surface area contributed by atoms with Crippen molar-refractivity contribution in [1.82, 2.24) is 0 Å². The number of hydrogen-bond acceptors (Lipinski definition) is 3. The van der Waals surface area contributed by atoms with Gasteiger partial charge in [-0.1, -0.05) is 0 Å². The zero-order valence-corrected chi connectivity index (χ0v) is 6.74. The van der Waals surface area contributed by atoms with Crippen LogP contribution in [0.5, 0.6) is 0 Å². The molecular formula is C8H10O4. The number of carbonyl (C=O) groups excluding carboxylic acids is 2. The average molecular weight is 170 g/mol. The third-order valence-electron chi connectivity index (χ3n) is 1.09. The Morgan fingerprint density at radius 1 is 1.17 bits per heavy atom. The first-order valence-electron chi connectivity index (χ1n) is 3.45. The lowest BCUT2D eigenvalue weighted by Crippen LogP contribution is -2.00. The molecule has 0 bridgehead atoms. The minimum Gasteiger partial charge on any atom is -0.481 e. The number of hydrogen-bond donors (Lipinski definition) is 1. The molecule has 0 saturated carbocycles. The van der Waals surface area contributed by atoms with Gasteiger partial charge in [-0.25, -0.2) is 0 Å². The summed E-state index contributed by atoms with van der Waals surface area (Å²) in [5.74, 6) is -1.58. The first kappa shape index (κ1) is 10.6. The van der Waals surface area contributed by atoms with E-state index in [0.29, 0.717) is 0 Å². The zero-order chi connectivity index (χ0) is 9.56. The molecule has 0 fully saturated rings. The van der Waals surface area contributed by atoms with E-state index in [4.69, 9.17) is 5.11 Å². The number of rotatable bonds is 5. The van der Waals surface area contributed by atoms with Crippen LogP contribution in [0.3, 0.4) is 0 Å². The van der Waals surface area contributed by atoms with Gasteiger partial charge in [0, 0.05) is 6.42 Å². The minimum atomic E-state index is -1.01. The van der Waals surface area contributed by atoms with Crippen LogP contribution in [-0.4, -0.2) is 22.6 Å². The molecule has 12 heavy (non-hydrogen) atoms. The molecule has 0 aromatic rings. The molecule has 0 radical (unpaired) electrons. The van der Waals surface area contributed by atoms with E-state index in [1.807, 2.05) is 0 Å². The summed E-state index contributed by atoms with van der Waals surface area (Å²) in [5, 5.41) is 8.20. The van der Waals surface area contributed by atoms with Crippen LogP contribution >= 0.6 is 0 Å². The normalized spacial score (nSPS) is 10.1. The van der Waals surface area contributed by atoms with E-state index in [-0.39, 0.29) is 24.4 Å². The predicted octanol–water partition coefficient (Wildman–Crippen LogP) is 0.565. The maximum atomic E-state index is 10.7. The lowest BCUT2D eigenvalue weighted by atomic mass is 10.2. The number of carboxylic acids is 1. The molecule has 0 aromatic heterocycles. The molecule has 0 atom stereocenters. The number of allylic oxidation sites excluding steroid dienone is 2. The van der Waals surface area contributed by atoms with Gasteiger partial charge in [0.05, 0.1) is 6.42 Å². The van der Waals surface area contributed by atoms with Crippen molar-refractivity contribution in [2.24, 2.45) is 0 Å². The average Bonchev–Trinajstić information content (AvgIpc) is 1.96. The molecule has 4 heteroatoms. The number of carbonyl (C=O) groups is 3. The van der Waals surface area contributed by atoms with Gasteiger partial charge >= 0.3 is 5.97 Å². The summed E-state index contributed by atoms with van der Waals surface area (Å²) in [7, 11) is 0. The molecule has 66 valence electrons. The van der Waals surface area contributed by atoms with Crippen molar-refractivity contribution in [3.8, 4) is 0 Å². The van der Waals surface area contributed by atoms with Gasteiger partial charge in [0.15, 0.2) is 11.6 Å². The van der Waals surface area contributed by atoms with Crippen molar-refractivity contribution in [2.75, 3.05) is 0 Å².